The third kappa shape index (κ3) is 11.2. The molecule has 0 bridgehead atoms. The molecule has 1 spiro atoms. The van der Waals surface area contributed by atoms with E-state index >= 15 is 0 Å². The van der Waals surface area contributed by atoms with Crippen LogP contribution in [-0.4, -0.2) is 92.0 Å². The van der Waals surface area contributed by atoms with Gasteiger partial charge in [-0.25, -0.2) is 9.18 Å². The van der Waals surface area contributed by atoms with E-state index in [0.29, 0.717) is 82.5 Å². The molecule has 2 saturated heterocycles. The van der Waals surface area contributed by atoms with Gasteiger partial charge in [0.25, 0.3) is 5.91 Å². The molecule has 0 aromatic heterocycles. The summed E-state index contributed by atoms with van der Waals surface area (Å²) in [5.74, 6) is -1.83. The van der Waals surface area contributed by atoms with E-state index in [4.69, 9.17) is 14.2 Å². The van der Waals surface area contributed by atoms with Gasteiger partial charge in [-0.15, -0.1) is 0 Å². The molecule has 2 aliphatic heterocycles. The summed E-state index contributed by atoms with van der Waals surface area (Å²) < 4.78 is 114. The third-order valence-corrected chi connectivity index (χ3v) is 11.6. The van der Waals surface area contributed by atoms with Crippen LogP contribution in [0, 0.1) is 5.82 Å². The molecule has 6 rings (SSSR count). The van der Waals surface area contributed by atoms with E-state index in [1.807, 2.05) is 12.1 Å². The number of piperidine rings is 1. The molecule has 3 amide bonds. The number of ether oxygens (including phenoxy) is 3. The minimum Gasteiger partial charge on any atom is -0.444 e. The second-order valence-corrected chi connectivity index (χ2v) is 17.0. The van der Waals surface area contributed by atoms with Crippen molar-refractivity contribution >= 4 is 17.9 Å². The minimum atomic E-state index is -5.13. The van der Waals surface area contributed by atoms with Crippen molar-refractivity contribution in [2.75, 3.05) is 52.6 Å². The summed E-state index contributed by atoms with van der Waals surface area (Å²) in [5.41, 5.74) is -3.32. The van der Waals surface area contributed by atoms with Crippen LogP contribution in [0.1, 0.15) is 91.1 Å². The van der Waals surface area contributed by atoms with E-state index in [0.717, 1.165) is 10.5 Å². The first-order chi connectivity index (χ1) is 28.7. The number of alkyl halides is 6. The second kappa shape index (κ2) is 18.3. The Morgan fingerprint density at radius 2 is 1.48 bits per heavy atom. The Labute approximate surface area is 350 Å². The Balaban J connectivity index is 1.07. The maximum atomic E-state index is 14.1. The molecule has 17 heteroatoms. The zero-order valence-corrected chi connectivity index (χ0v) is 34.3. The highest BCUT2D eigenvalue weighted by molar-refractivity contribution is 5.95. The summed E-state index contributed by atoms with van der Waals surface area (Å²) in [6.45, 7) is 7.17. The fourth-order valence-corrected chi connectivity index (χ4v) is 8.50. The van der Waals surface area contributed by atoms with Gasteiger partial charge in [-0.05, 0) is 119 Å². The molecule has 10 nitrogen and oxygen atoms in total. The predicted octanol–water partition coefficient (Wildman–Crippen LogP) is 7.98. The molecule has 0 radical (unpaired) electrons. The van der Waals surface area contributed by atoms with Crippen LogP contribution in [0.4, 0.5) is 35.5 Å². The normalized spacial score (nSPS) is 20.4. The minimum absolute atomic E-state index is 0.0291. The van der Waals surface area contributed by atoms with Crippen molar-refractivity contribution in [1.82, 2.24) is 20.4 Å². The van der Waals surface area contributed by atoms with Gasteiger partial charge in [0, 0.05) is 30.6 Å². The zero-order valence-electron chi connectivity index (χ0n) is 34.3. The molecule has 61 heavy (non-hydrogen) atoms. The quantitative estimate of drug-likeness (QED) is 0.133. The molecule has 0 saturated carbocycles. The maximum absolute atomic E-state index is 14.1. The Kier molecular flexibility index (Phi) is 13.7. The molecule has 2 atom stereocenters. The van der Waals surface area contributed by atoms with Gasteiger partial charge < -0.3 is 34.6 Å². The van der Waals surface area contributed by atoms with Crippen LogP contribution in [0.3, 0.4) is 0 Å². The number of fused-ring (bicyclic) bond motifs is 2. The number of amides is 3. The summed E-state index contributed by atoms with van der Waals surface area (Å²) in [4.78, 5) is 41.6. The molecule has 0 unspecified atom stereocenters. The van der Waals surface area contributed by atoms with Gasteiger partial charge in [-0.2, -0.15) is 26.3 Å². The summed E-state index contributed by atoms with van der Waals surface area (Å²) in [5, 5.41) is 5.59. The molecular weight excluding hydrogens is 813 g/mol. The molecule has 332 valence electrons. The van der Waals surface area contributed by atoms with Crippen molar-refractivity contribution in [2.24, 2.45) is 0 Å². The van der Waals surface area contributed by atoms with E-state index in [2.05, 4.69) is 27.7 Å². The highest BCUT2D eigenvalue weighted by Crippen LogP contribution is 2.48. The molecular formula is C44H51F7N4O6. The lowest BCUT2D eigenvalue weighted by molar-refractivity contribution is -0.143. The number of alkyl carbamates (subject to hydrolysis) is 1. The summed E-state index contributed by atoms with van der Waals surface area (Å²) in [6.07, 6.45) is -7.39. The number of unbranched alkanes of at least 4 members (excludes halogenated alkanes) is 1. The van der Waals surface area contributed by atoms with Crippen LogP contribution in [-0.2, 0) is 48.8 Å². The topological polar surface area (TPSA) is 109 Å². The first kappa shape index (κ1) is 45.8. The number of rotatable bonds is 13. The van der Waals surface area contributed by atoms with Gasteiger partial charge in [-0.3, -0.25) is 9.59 Å². The number of hydrogen-bond acceptors (Lipinski definition) is 7. The van der Waals surface area contributed by atoms with Gasteiger partial charge in [0.15, 0.2) is 0 Å². The smallest absolute Gasteiger partial charge is 0.416 e. The zero-order chi connectivity index (χ0) is 44.2. The molecule has 3 aromatic carbocycles. The number of halogens is 7. The van der Waals surface area contributed by atoms with Gasteiger partial charge in [0.2, 0.25) is 5.91 Å². The van der Waals surface area contributed by atoms with Crippen molar-refractivity contribution in [1.29, 1.82) is 0 Å². The Bertz CT molecular complexity index is 2000. The lowest BCUT2D eigenvalue weighted by atomic mass is 9.72. The monoisotopic (exact) mass is 864 g/mol. The van der Waals surface area contributed by atoms with Crippen LogP contribution in [0.5, 0.6) is 0 Å². The Hall–Kier alpha value is -4.74. The van der Waals surface area contributed by atoms with Crippen LogP contribution in [0.15, 0.2) is 66.7 Å². The first-order valence-electron chi connectivity index (χ1n) is 20.3. The molecule has 1 aliphatic carbocycles. The molecule has 2 fully saturated rings. The molecule has 2 heterocycles. The van der Waals surface area contributed by atoms with E-state index < -0.39 is 64.8 Å². The average molecular weight is 865 g/mol. The van der Waals surface area contributed by atoms with Crippen LogP contribution >= 0.6 is 0 Å². The highest BCUT2D eigenvalue weighted by Gasteiger charge is 2.50. The summed E-state index contributed by atoms with van der Waals surface area (Å²) >= 11 is 0. The van der Waals surface area contributed by atoms with E-state index in [9.17, 15) is 45.1 Å². The largest absolute Gasteiger partial charge is 0.444 e. The van der Waals surface area contributed by atoms with Crippen molar-refractivity contribution in [3.8, 4) is 0 Å². The van der Waals surface area contributed by atoms with Crippen LogP contribution < -0.4 is 10.6 Å². The second-order valence-electron chi connectivity index (χ2n) is 17.0. The van der Waals surface area contributed by atoms with Crippen molar-refractivity contribution in [3.63, 3.8) is 0 Å². The average Bonchev–Trinajstić information content (AvgIpc) is 3.76. The Morgan fingerprint density at radius 3 is 2.10 bits per heavy atom. The summed E-state index contributed by atoms with van der Waals surface area (Å²) in [6, 6.07) is 14.4. The van der Waals surface area contributed by atoms with Crippen molar-refractivity contribution in [3.05, 3.63) is 106 Å². The molecule has 3 aliphatic rings. The Morgan fingerprint density at radius 1 is 0.852 bits per heavy atom. The highest BCUT2D eigenvalue weighted by atomic mass is 19.4. The number of likely N-dealkylation sites (tertiary alicyclic amines) is 1. The van der Waals surface area contributed by atoms with Gasteiger partial charge >= 0.3 is 18.4 Å². The number of nitrogens with zero attached hydrogens (tertiary/aromatic N) is 2. The fraction of sp³-hybridized carbons (Fsp3) is 0.523. The van der Waals surface area contributed by atoms with Crippen molar-refractivity contribution in [2.45, 2.75) is 94.4 Å². The van der Waals surface area contributed by atoms with Crippen LogP contribution in [0.2, 0.25) is 0 Å². The number of nitrogens with one attached hydrogen (secondary N) is 2. The number of carbonyl (C=O) groups is 3. The lowest BCUT2D eigenvalue weighted by Gasteiger charge is -2.44. The maximum Gasteiger partial charge on any atom is 0.416 e. The predicted molar refractivity (Wildman–Crippen MR) is 210 cm³/mol. The van der Waals surface area contributed by atoms with E-state index in [1.165, 1.54) is 29.8 Å². The number of hydrogen-bond donors (Lipinski definition) is 2. The lowest BCUT2D eigenvalue weighted by Crippen LogP contribution is -2.49. The molecule has 3 aromatic rings. The number of benzene rings is 3. The standard InChI is InChI=1S/C44H51F7N4O6/c1-40(2,3)61-39(58)53-18-7-6-17-52-37(56)26-59-36-24-29-8-4-5-9-35(29)41(36)14-19-54(20-15-41)21-16-42(31-10-12-34(45)13-11-31)27-55(28-60-42)38(57)30-22-32(43(46,47)48)25-33(23-30)44(49,50)51/h4-5,8-13,22-23,25,36H,6-7,14-21,24,26-28H2,1-3H3,(H,52,56)(H,53,58)/t36-,42-/m0/s1. The van der Waals surface area contributed by atoms with E-state index in [1.54, 1.807) is 20.8 Å². The van der Waals surface area contributed by atoms with Gasteiger partial charge in [0.05, 0.1) is 23.8 Å². The SMILES string of the molecule is CC(C)(C)OC(=O)NCCCCNC(=O)CO[C@H]1Cc2ccccc2C12CCN(CC[C@@]1(c3ccc(F)cc3)CN(C(=O)c3cc(C(F)(F)F)cc(C(F)(F)F)c3)CO1)CC2. The van der Waals surface area contributed by atoms with Gasteiger partial charge in [-0.1, -0.05) is 36.4 Å². The fourth-order valence-electron chi connectivity index (χ4n) is 8.50. The van der Waals surface area contributed by atoms with Gasteiger partial charge in [0.1, 0.15) is 30.4 Å². The van der Waals surface area contributed by atoms with E-state index in [-0.39, 0.29) is 43.1 Å². The molecule has 2 N–H and O–H groups in total. The van der Waals surface area contributed by atoms with Crippen molar-refractivity contribution < 1.29 is 59.3 Å². The van der Waals surface area contributed by atoms with Crippen LogP contribution in [0.25, 0.3) is 0 Å². The third-order valence-electron chi connectivity index (χ3n) is 11.6. The summed E-state index contributed by atoms with van der Waals surface area (Å²) in [7, 11) is 0. The first-order valence-corrected chi connectivity index (χ1v) is 20.3. The number of carbonyl (C=O) groups excluding carboxylic acids is 3.